The minimum atomic E-state index is -3.30. The van der Waals surface area contributed by atoms with Gasteiger partial charge in [-0.1, -0.05) is 0 Å². The van der Waals surface area contributed by atoms with Crippen molar-refractivity contribution in [3.63, 3.8) is 0 Å². The standard InChI is InChI=1S/C9H19ClN2O2S2/c1-11(6-3-5-10)16(13,14)12(2)9-4-7-15-8-9/h9H,3-8H2,1-2H3. The molecule has 0 radical (unpaired) electrons. The van der Waals surface area contributed by atoms with E-state index in [1.165, 1.54) is 8.61 Å². The summed E-state index contributed by atoms with van der Waals surface area (Å²) in [5.41, 5.74) is 0. The zero-order valence-electron chi connectivity index (χ0n) is 9.73. The molecule has 0 spiro atoms. The van der Waals surface area contributed by atoms with E-state index < -0.39 is 10.2 Å². The highest BCUT2D eigenvalue weighted by molar-refractivity contribution is 7.99. The van der Waals surface area contributed by atoms with E-state index in [9.17, 15) is 8.42 Å². The van der Waals surface area contributed by atoms with Crippen molar-refractivity contribution in [3.05, 3.63) is 0 Å². The Labute approximate surface area is 107 Å². The summed E-state index contributed by atoms with van der Waals surface area (Å²) >= 11 is 7.37. The van der Waals surface area contributed by atoms with Crippen LogP contribution in [0.5, 0.6) is 0 Å². The van der Waals surface area contributed by atoms with Crippen molar-refractivity contribution in [2.75, 3.05) is 38.0 Å². The third-order valence-electron chi connectivity index (χ3n) is 2.78. The van der Waals surface area contributed by atoms with Crippen LogP contribution in [0, 0.1) is 0 Å². The van der Waals surface area contributed by atoms with Crippen LogP contribution in [-0.2, 0) is 10.2 Å². The summed E-state index contributed by atoms with van der Waals surface area (Å²) in [6, 6.07) is 0.147. The van der Waals surface area contributed by atoms with Crippen LogP contribution in [0.25, 0.3) is 0 Å². The van der Waals surface area contributed by atoms with Crippen molar-refractivity contribution >= 4 is 33.6 Å². The number of alkyl halides is 1. The minimum absolute atomic E-state index is 0.147. The summed E-state index contributed by atoms with van der Waals surface area (Å²) in [5, 5.41) is 0. The molecular weight excluding hydrogens is 268 g/mol. The van der Waals surface area contributed by atoms with Gasteiger partial charge >= 0.3 is 0 Å². The predicted molar refractivity (Wildman–Crippen MR) is 70.4 cm³/mol. The van der Waals surface area contributed by atoms with Gasteiger partial charge in [0.05, 0.1) is 0 Å². The van der Waals surface area contributed by atoms with Gasteiger partial charge in [0.2, 0.25) is 0 Å². The van der Waals surface area contributed by atoms with E-state index in [1.807, 2.05) is 11.8 Å². The quantitative estimate of drug-likeness (QED) is 0.690. The maximum Gasteiger partial charge on any atom is 0.281 e. The molecule has 1 aliphatic rings. The Morgan fingerprint density at radius 2 is 2.12 bits per heavy atom. The Hall–Kier alpha value is 0.510. The van der Waals surface area contributed by atoms with Crippen molar-refractivity contribution in [2.24, 2.45) is 0 Å². The molecule has 1 aliphatic heterocycles. The summed E-state index contributed by atoms with van der Waals surface area (Å²) in [5.74, 6) is 2.44. The number of hydrogen-bond acceptors (Lipinski definition) is 3. The molecule has 0 bridgehead atoms. The first-order valence-electron chi connectivity index (χ1n) is 5.33. The SMILES string of the molecule is CN(CCCCl)S(=O)(=O)N(C)C1CCSC1. The molecule has 16 heavy (non-hydrogen) atoms. The summed E-state index contributed by atoms with van der Waals surface area (Å²) in [7, 11) is -0.0187. The highest BCUT2D eigenvalue weighted by atomic mass is 35.5. The first-order chi connectivity index (χ1) is 7.50. The van der Waals surface area contributed by atoms with Gasteiger partial charge in [0.25, 0.3) is 10.2 Å². The predicted octanol–water partition coefficient (Wildman–Crippen LogP) is 1.23. The van der Waals surface area contributed by atoms with Crippen LogP contribution in [0.4, 0.5) is 0 Å². The van der Waals surface area contributed by atoms with E-state index in [0.717, 1.165) is 17.9 Å². The number of rotatable bonds is 6. The first-order valence-corrected chi connectivity index (χ1v) is 8.41. The third kappa shape index (κ3) is 3.50. The molecule has 0 aromatic heterocycles. The molecule has 0 saturated carbocycles. The first kappa shape index (κ1) is 14.6. The van der Waals surface area contributed by atoms with Gasteiger partial charge in [0, 0.05) is 38.3 Å². The van der Waals surface area contributed by atoms with Crippen LogP contribution in [-0.4, -0.2) is 61.1 Å². The summed E-state index contributed by atoms with van der Waals surface area (Å²) < 4.78 is 27.1. The zero-order chi connectivity index (χ0) is 12.2. The maximum absolute atomic E-state index is 12.1. The second-order valence-electron chi connectivity index (χ2n) is 3.91. The van der Waals surface area contributed by atoms with E-state index >= 15 is 0 Å². The lowest BCUT2D eigenvalue weighted by Gasteiger charge is -2.28. The normalized spacial score (nSPS) is 22.2. The number of thioether (sulfide) groups is 1. The monoisotopic (exact) mass is 286 g/mol. The van der Waals surface area contributed by atoms with Crippen LogP contribution in [0.15, 0.2) is 0 Å². The van der Waals surface area contributed by atoms with Gasteiger partial charge in [-0.25, -0.2) is 0 Å². The molecule has 4 nitrogen and oxygen atoms in total. The lowest BCUT2D eigenvalue weighted by Crippen LogP contribution is -2.45. The molecule has 1 saturated heterocycles. The molecule has 1 atom stereocenters. The van der Waals surface area contributed by atoms with Crippen molar-refractivity contribution in [1.29, 1.82) is 0 Å². The van der Waals surface area contributed by atoms with Crippen molar-refractivity contribution < 1.29 is 8.42 Å². The summed E-state index contributed by atoms with van der Waals surface area (Å²) in [6.45, 7) is 0.482. The topological polar surface area (TPSA) is 40.6 Å². The van der Waals surface area contributed by atoms with Gasteiger partial charge in [0.15, 0.2) is 0 Å². The lowest BCUT2D eigenvalue weighted by atomic mass is 10.3. The number of halogens is 1. The second-order valence-corrected chi connectivity index (χ2v) is 7.53. The molecule has 0 amide bonds. The lowest BCUT2D eigenvalue weighted by molar-refractivity contribution is 0.348. The van der Waals surface area contributed by atoms with Gasteiger partial charge in [0.1, 0.15) is 0 Å². The van der Waals surface area contributed by atoms with Gasteiger partial charge in [-0.2, -0.15) is 28.8 Å². The highest BCUT2D eigenvalue weighted by Crippen LogP contribution is 2.24. The fourth-order valence-corrected chi connectivity index (χ4v) is 4.45. The third-order valence-corrected chi connectivity index (χ3v) is 6.19. The van der Waals surface area contributed by atoms with Gasteiger partial charge in [-0.05, 0) is 18.6 Å². The molecule has 1 unspecified atom stereocenters. The molecule has 1 rings (SSSR count). The van der Waals surface area contributed by atoms with Gasteiger partial charge in [-0.3, -0.25) is 0 Å². The highest BCUT2D eigenvalue weighted by Gasteiger charge is 2.31. The molecule has 1 fully saturated rings. The van der Waals surface area contributed by atoms with Crippen molar-refractivity contribution in [3.8, 4) is 0 Å². The molecule has 7 heteroatoms. The summed E-state index contributed by atoms with van der Waals surface area (Å²) in [4.78, 5) is 0. The van der Waals surface area contributed by atoms with Crippen molar-refractivity contribution in [1.82, 2.24) is 8.61 Å². The Balaban J connectivity index is 2.60. The second kappa shape index (κ2) is 6.44. The molecule has 0 N–H and O–H groups in total. The largest absolute Gasteiger partial charge is 0.281 e. The molecule has 0 aromatic rings. The van der Waals surface area contributed by atoms with Crippen LogP contribution < -0.4 is 0 Å². The van der Waals surface area contributed by atoms with Gasteiger partial charge < -0.3 is 0 Å². The van der Waals surface area contributed by atoms with E-state index in [1.54, 1.807) is 14.1 Å². The van der Waals surface area contributed by atoms with E-state index in [2.05, 4.69) is 0 Å². The molecule has 1 heterocycles. The van der Waals surface area contributed by atoms with Crippen molar-refractivity contribution in [2.45, 2.75) is 18.9 Å². The van der Waals surface area contributed by atoms with E-state index in [0.29, 0.717) is 18.8 Å². The fraction of sp³-hybridized carbons (Fsp3) is 1.00. The zero-order valence-corrected chi connectivity index (χ0v) is 12.1. The number of nitrogens with zero attached hydrogens (tertiary/aromatic N) is 2. The van der Waals surface area contributed by atoms with Crippen LogP contribution in [0.3, 0.4) is 0 Å². The maximum atomic E-state index is 12.1. The Morgan fingerprint density at radius 1 is 1.44 bits per heavy atom. The molecule has 0 aliphatic carbocycles. The smallest absolute Gasteiger partial charge is 0.195 e. The van der Waals surface area contributed by atoms with Crippen LogP contribution in [0.2, 0.25) is 0 Å². The van der Waals surface area contributed by atoms with Crippen LogP contribution >= 0.6 is 23.4 Å². The molecular formula is C9H19ClN2O2S2. The Kier molecular flexibility index (Phi) is 5.87. The van der Waals surface area contributed by atoms with E-state index in [4.69, 9.17) is 11.6 Å². The number of hydrogen-bond donors (Lipinski definition) is 0. The average molecular weight is 287 g/mol. The summed E-state index contributed by atoms with van der Waals surface area (Å²) in [6.07, 6.45) is 1.63. The van der Waals surface area contributed by atoms with Gasteiger partial charge in [-0.15, -0.1) is 11.6 Å². The fourth-order valence-electron chi connectivity index (χ4n) is 1.61. The van der Waals surface area contributed by atoms with E-state index in [-0.39, 0.29) is 6.04 Å². The Bertz CT molecular complexity index is 305. The van der Waals surface area contributed by atoms with Crippen LogP contribution in [0.1, 0.15) is 12.8 Å². The Morgan fingerprint density at radius 3 is 2.62 bits per heavy atom. The average Bonchev–Trinajstić information content (AvgIpc) is 2.77. The minimum Gasteiger partial charge on any atom is -0.195 e. The molecule has 96 valence electrons. The molecule has 0 aromatic carbocycles.